The third kappa shape index (κ3) is 6.47. The fraction of sp³-hybridized carbons (Fsp3) is 0.300. The largest absolute Gasteiger partial charge is 0.497 e. The quantitative estimate of drug-likeness (QED) is 0.384. The van der Waals surface area contributed by atoms with Gasteiger partial charge in [0.2, 0.25) is 0 Å². The Balaban J connectivity index is 1.66. The normalized spacial score (nSPS) is 10.9. The van der Waals surface area contributed by atoms with Crippen LogP contribution in [0, 0.1) is 0 Å². The van der Waals surface area contributed by atoms with Gasteiger partial charge in [0.15, 0.2) is 5.96 Å². The molecule has 0 radical (unpaired) electrons. The molecule has 6 nitrogen and oxygen atoms in total. The predicted molar refractivity (Wildman–Crippen MR) is 105 cm³/mol. The number of ether oxygens (including phenoxy) is 1. The Kier molecular flexibility index (Phi) is 7.99. The Morgan fingerprint density at radius 1 is 0.962 bits per heavy atom. The first-order valence-electron chi connectivity index (χ1n) is 8.63. The summed E-state index contributed by atoms with van der Waals surface area (Å²) < 4.78 is 5.13. The average Bonchev–Trinajstić information content (AvgIpc) is 2.70. The van der Waals surface area contributed by atoms with Crippen LogP contribution in [0.15, 0.2) is 59.6 Å². The summed E-state index contributed by atoms with van der Waals surface area (Å²) in [5.41, 5.74) is 1.86. The summed E-state index contributed by atoms with van der Waals surface area (Å²) in [6, 6.07) is 17.4. The van der Waals surface area contributed by atoms with Gasteiger partial charge in [0, 0.05) is 32.2 Å². The monoisotopic (exact) mass is 354 g/mol. The van der Waals surface area contributed by atoms with E-state index in [4.69, 9.17) is 4.74 Å². The van der Waals surface area contributed by atoms with E-state index in [1.165, 1.54) is 5.56 Å². The average molecular weight is 354 g/mol. The predicted octanol–water partition coefficient (Wildman–Crippen LogP) is 1.83. The van der Waals surface area contributed by atoms with E-state index in [2.05, 4.69) is 33.1 Å². The van der Waals surface area contributed by atoms with Crippen molar-refractivity contribution in [1.82, 2.24) is 16.0 Å². The zero-order valence-corrected chi connectivity index (χ0v) is 15.3. The number of hydrogen-bond donors (Lipinski definition) is 3. The Morgan fingerprint density at radius 3 is 2.42 bits per heavy atom. The van der Waals surface area contributed by atoms with Crippen molar-refractivity contribution in [3.05, 3.63) is 65.7 Å². The molecule has 0 bridgehead atoms. The van der Waals surface area contributed by atoms with E-state index >= 15 is 0 Å². The molecule has 0 fully saturated rings. The van der Waals surface area contributed by atoms with Gasteiger partial charge in [0.25, 0.3) is 5.91 Å². The van der Waals surface area contributed by atoms with Crippen molar-refractivity contribution < 1.29 is 9.53 Å². The SMILES string of the molecule is CN=C(NCCNC(=O)c1cccc(OC)c1)NCCc1ccccc1. The molecular formula is C20H26N4O2. The van der Waals surface area contributed by atoms with Gasteiger partial charge in [0.05, 0.1) is 7.11 Å². The third-order valence-corrected chi connectivity index (χ3v) is 3.81. The van der Waals surface area contributed by atoms with Crippen LogP contribution in [0.3, 0.4) is 0 Å². The molecule has 2 rings (SSSR count). The van der Waals surface area contributed by atoms with E-state index in [1.54, 1.807) is 32.4 Å². The Hall–Kier alpha value is -3.02. The molecule has 0 spiro atoms. The van der Waals surface area contributed by atoms with Crippen LogP contribution in [0.2, 0.25) is 0 Å². The molecule has 138 valence electrons. The Bertz CT molecular complexity index is 717. The van der Waals surface area contributed by atoms with E-state index in [0.29, 0.717) is 24.4 Å². The van der Waals surface area contributed by atoms with Gasteiger partial charge in [-0.05, 0) is 30.2 Å². The van der Waals surface area contributed by atoms with Gasteiger partial charge in [-0.2, -0.15) is 0 Å². The van der Waals surface area contributed by atoms with Gasteiger partial charge in [-0.15, -0.1) is 0 Å². The summed E-state index contributed by atoms with van der Waals surface area (Å²) in [7, 11) is 3.31. The standard InChI is InChI=1S/C20H26N4O2/c1-21-20(23-12-11-16-7-4-3-5-8-16)24-14-13-22-19(25)17-9-6-10-18(15-17)26-2/h3-10,15H,11-14H2,1-2H3,(H,22,25)(H2,21,23,24). The lowest BCUT2D eigenvalue weighted by molar-refractivity contribution is 0.0954. The molecule has 1 amide bonds. The number of rotatable bonds is 8. The number of benzene rings is 2. The van der Waals surface area contributed by atoms with Gasteiger partial charge >= 0.3 is 0 Å². The highest BCUT2D eigenvalue weighted by atomic mass is 16.5. The maximum Gasteiger partial charge on any atom is 0.251 e. The molecule has 0 aliphatic heterocycles. The first-order chi connectivity index (χ1) is 12.7. The summed E-state index contributed by atoms with van der Waals surface area (Å²) in [4.78, 5) is 16.3. The van der Waals surface area contributed by atoms with Crippen LogP contribution in [-0.4, -0.2) is 45.7 Å². The molecule has 0 aromatic heterocycles. The van der Waals surface area contributed by atoms with E-state index in [-0.39, 0.29) is 5.91 Å². The third-order valence-electron chi connectivity index (χ3n) is 3.81. The molecule has 6 heteroatoms. The summed E-state index contributed by atoms with van der Waals surface area (Å²) >= 11 is 0. The van der Waals surface area contributed by atoms with Crippen LogP contribution in [-0.2, 0) is 6.42 Å². The number of hydrogen-bond acceptors (Lipinski definition) is 3. The van der Waals surface area contributed by atoms with Crippen LogP contribution < -0.4 is 20.7 Å². The van der Waals surface area contributed by atoms with Crippen LogP contribution in [0.25, 0.3) is 0 Å². The fourth-order valence-electron chi connectivity index (χ4n) is 2.41. The smallest absolute Gasteiger partial charge is 0.251 e. The van der Waals surface area contributed by atoms with Crippen LogP contribution >= 0.6 is 0 Å². The van der Waals surface area contributed by atoms with E-state index < -0.39 is 0 Å². The van der Waals surface area contributed by atoms with Gasteiger partial charge in [-0.25, -0.2) is 0 Å². The first-order valence-corrected chi connectivity index (χ1v) is 8.63. The minimum absolute atomic E-state index is 0.127. The zero-order chi connectivity index (χ0) is 18.6. The topological polar surface area (TPSA) is 74.8 Å². The van der Waals surface area contributed by atoms with Gasteiger partial charge < -0.3 is 20.7 Å². The minimum atomic E-state index is -0.127. The molecule has 0 atom stereocenters. The number of nitrogens with one attached hydrogen (secondary N) is 3. The highest BCUT2D eigenvalue weighted by Crippen LogP contribution is 2.12. The number of methoxy groups -OCH3 is 1. The van der Waals surface area contributed by atoms with E-state index in [0.717, 1.165) is 18.9 Å². The van der Waals surface area contributed by atoms with Crippen LogP contribution in [0.4, 0.5) is 0 Å². The minimum Gasteiger partial charge on any atom is -0.497 e. The van der Waals surface area contributed by atoms with Crippen LogP contribution in [0.5, 0.6) is 5.75 Å². The maximum atomic E-state index is 12.1. The number of amides is 1. The summed E-state index contributed by atoms with van der Waals surface area (Å²) in [5.74, 6) is 1.26. The first kappa shape index (κ1) is 19.3. The second kappa shape index (κ2) is 10.8. The molecule has 2 aromatic carbocycles. The fourth-order valence-corrected chi connectivity index (χ4v) is 2.41. The zero-order valence-electron chi connectivity index (χ0n) is 15.3. The van der Waals surface area contributed by atoms with Crippen molar-refractivity contribution in [2.24, 2.45) is 4.99 Å². The highest BCUT2D eigenvalue weighted by Gasteiger charge is 2.06. The molecule has 0 aliphatic carbocycles. The highest BCUT2D eigenvalue weighted by molar-refractivity contribution is 5.94. The Labute approximate surface area is 154 Å². The lowest BCUT2D eigenvalue weighted by atomic mass is 10.1. The van der Waals surface area contributed by atoms with Crippen molar-refractivity contribution in [1.29, 1.82) is 0 Å². The molecule has 0 saturated carbocycles. The summed E-state index contributed by atoms with van der Waals surface area (Å²) in [6.07, 6.45) is 0.925. The molecule has 26 heavy (non-hydrogen) atoms. The molecule has 0 aliphatic rings. The lowest BCUT2D eigenvalue weighted by Gasteiger charge is -2.12. The van der Waals surface area contributed by atoms with Crippen molar-refractivity contribution in [2.75, 3.05) is 33.8 Å². The Morgan fingerprint density at radius 2 is 1.69 bits per heavy atom. The second-order valence-corrected chi connectivity index (χ2v) is 5.65. The molecule has 0 unspecified atom stereocenters. The molecule has 0 saturated heterocycles. The van der Waals surface area contributed by atoms with Gasteiger partial charge in [-0.3, -0.25) is 9.79 Å². The van der Waals surface area contributed by atoms with Gasteiger partial charge in [-0.1, -0.05) is 36.4 Å². The van der Waals surface area contributed by atoms with Crippen LogP contribution in [0.1, 0.15) is 15.9 Å². The molecular weight excluding hydrogens is 328 g/mol. The number of aliphatic imine (C=N–C) groups is 1. The molecule has 0 heterocycles. The number of nitrogens with zero attached hydrogens (tertiary/aromatic N) is 1. The number of carbonyl (C=O) groups is 1. The van der Waals surface area contributed by atoms with E-state index in [9.17, 15) is 4.79 Å². The van der Waals surface area contributed by atoms with Crippen molar-refractivity contribution in [3.8, 4) is 5.75 Å². The van der Waals surface area contributed by atoms with Crippen molar-refractivity contribution >= 4 is 11.9 Å². The molecule has 3 N–H and O–H groups in total. The number of carbonyl (C=O) groups excluding carboxylic acids is 1. The number of guanidine groups is 1. The van der Waals surface area contributed by atoms with Crippen molar-refractivity contribution in [2.45, 2.75) is 6.42 Å². The van der Waals surface area contributed by atoms with Gasteiger partial charge in [0.1, 0.15) is 5.75 Å². The molecule has 2 aromatic rings. The van der Waals surface area contributed by atoms with Crippen molar-refractivity contribution in [3.63, 3.8) is 0 Å². The van der Waals surface area contributed by atoms with E-state index in [1.807, 2.05) is 24.3 Å². The summed E-state index contributed by atoms with van der Waals surface area (Å²) in [5, 5.41) is 9.32. The second-order valence-electron chi connectivity index (χ2n) is 5.65. The summed E-state index contributed by atoms with van der Waals surface area (Å²) in [6.45, 7) is 1.87. The lowest BCUT2D eigenvalue weighted by Crippen LogP contribution is -2.42. The maximum absolute atomic E-state index is 12.1.